The molecule has 0 saturated carbocycles. The van der Waals surface area contributed by atoms with Gasteiger partial charge in [0, 0.05) is 38.1 Å². The van der Waals surface area contributed by atoms with Gasteiger partial charge in [-0.25, -0.2) is 0 Å². The minimum absolute atomic E-state index is 0.145. The van der Waals surface area contributed by atoms with E-state index in [-0.39, 0.29) is 5.91 Å². The second-order valence-electron chi connectivity index (χ2n) is 4.42. The van der Waals surface area contributed by atoms with E-state index in [0.29, 0.717) is 22.8 Å². The Morgan fingerprint density at radius 3 is 2.84 bits per heavy atom. The highest BCUT2D eigenvalue weighted by molar-refractivity contribution is 6.34. The minimum atomic E-state index is -0.145. The molecule has 2 rings (SSSR count). The first-order valence-corrected chi connectivity index (χ1v) is 6.13. The van der Waals surface area contributed by atoms with Crippen LogP contribution in [0.4, 0.5) is 5.69 Å². The Bertz CT molecular complexity index is 608. The first-order chi connectivity index (χ1) is 8.97. The van der Waals surface area contributed by atoms with Crippen LogP contribution in [0.3, 0.4) is 0 Å². The number of aromatic nitrogens is 2. The zero-order chi connectivity index (χ0) is 14.0. The van der Waals surface area contributed by atoms with Crippen LogP contribution in [0.2, 0.25) is 5.02 Å². The van der Waals surface area contributed by atoms with Crippen LogP contribution in [-0.2, 0) is 13.6 Å². The van der Waals surface area contributed by atoms with E-state index in [2.05, 4.69) is 5.10 Å². The van der Waals surface area contributed by atoms with Crippen molar-refractivity contribution in [2.45, 2.75) is 6.54 Å². The third kappa shape index (κ3) is 3.06. The second-order valence-corrected chi connectivity index (χ2v) is 4.83. The summed E-state index contributed by atoms with van der Waals surface area (Å²) >= 11 is 6.03. The molecule has 6 heteroatoms. The largest absolute Gasteiger partial charge is 0.399 e. The van der Waals surface area contributed by atoms with E-state index >= 15 is 0 Å². The number of hydrogen-bond donors (Lipinski definition) is 1. The molecule has 1 aromatic carbocycles. The lowest BCUT2D eigenvalue weighted by Crippen LogP contribution is -2.26. The van der Waals surface area contributed by atoms with Gasteiger partial charge in [-0.1, -0.05) is 11.6 Å². The lowest BCUT2D eigenvalue weighted by Gasteiger charge is -2.17. The maximum atomic E-state index is 12.3. The van der Waals surface area contributed by atoms with Crippen LogP contribution in [0.5, 0.6) is 0 Å². The highest BCUT2D eigenvalue weighted by Gasteiger charge is 2.15. The first kappa shape index (κ1) is 13.4. The molecule has 5 nitrogen and oxygen atoms in total. The monoisotopic (exact) mass is 278 g/mol. The molecule has 0 radical (unpaired) electrons. The number of benzene rings is 1. The first-order valence-electron chi connectivity index (χ1n) is 5.75. The Hall–Kier alpha value is -2.01. The fourth-order valence-corrected chi connectivity index (χ4v) is 2.08. The van der Waals surface area contributed by atoms with E-state index < -0.39 is 0 Å². The number of nitrogens with two attached hydrogens (primary N) is 1. The van der Waals surface area contributed by atoms with Gasteiger partial charge in [-0.2, -0.15) is 5.10 Å². The number of halogens is 1. The van der Waals surface area contributed by atoms with Gasteiger partial charge in [0.2, 0.25) is 0 Å². The molecule has 0 bridgehead atoms. The molecule has 0 atom stereocenters. The number of rotatable bonds is 3. The van der Waals surface area contributed by atoms with Crippen molar-refractivity contribution in [1.82, 2.24) is 14.7 Å². The summed E-state index contributed by atoms with van der Waals surface area (Å²) in [7, 11) is 3.56. The van der Waals surface area contributed by atoms with Gasteiger partial charge >= 0.3 is 0 Å². The van der Waals surface area contributed by atoms with Crippen molar-refractivity contribution in [3.05, 3.63) is 46.7 Å². The molecule has 1 heterocycles. The fourth-order valence-electron chi connectivity index (χ4n) is 1.81. The standard InChI is InChI=1S/C13H15ClN4O/c1-17(7-9-6-16-18(2)8-9)13(19)11-4-3-10(15)5-12(11)14/h3-6,8H,7,15H2,1-2H3. The Morgan fingerprint density at radius 2 is 2.26 bits per heavy atom. The Kier molecular flexibility index (Phi) is 3.76. The second kappa shape index (κ2) is 5.32. The zero-order valence-corrected chi connectivity index (χ0v) is 11.6. The molecule has 2 N–H and O–H groups in total. The quantitative estimate of drug-likeness (QED) is 0.873. The SMILES string of the molecule is CN(Cc1cnn(C)c1)C(=O)c1ccc(N)cc1Cl. The molecule has 2 aromatic rings. The van der Waals surface area contributed by atoms with Crippen LogP contribution in [0.15, 0.2) is 30.6 Å². The van der Waals surface area contributed by atoms with Gasteiger partial charge in [0.15, 0.2) is 0 Å². The van der Waals surface area contributed by atoms with Crippen molar-refractivity contribution in [2.75, 3.05) is 12.8 Å². The van der Waals surface area contributed by atoms with E-state index in [4.69, 9.17) is 17.3 Å². The van der Waals surface area contributed by atoms with Crippen molar-refractivity contribution in [2.24, 2.45) is 7.05 Å². The summed E-state index contributed by atoms with van der Waals surface area (Å²) in [5, 5.41) is 4.43. The molecule has 1 aromatic heterocycles. The highest BCUT2D eigenvalue weighted by Crippen LogP contribution is 2.21. The van der Waals surface area contributed by atoms with Crippen molar-refractivity contribution < 1.29 is 4.79 Å². The summed E-state index contributed by atoms with van der Waals surface area (Å²) in [4.78, 5) is 13.9. The summed E-state index contributed by atoms with van der Waals surface area (Å²) in [6, 6.07) is 4.88. The van der Waals surface area contributed by atoms with Crippen molar-refractivity contribution >= 4 is 23.2 Å². The zero-order valence-electron chi connectivity index (χ0n) is 10.8. The fraction of sp³-hybridized carbons (Fsp3) is 0.231. The van der Waals surface area contributed by atoms with Crippen molar-refractivity contribution in [3.63, 3.8) is 0 Å². The van der Waals surface area contributed by atoms with E-state index in [1.54, 1.807) is 41.0 Å². The highest BCUT2D eigenvalue weighted by atomic mass is 35.5. The Labute approximate surface area is 116 Å². The van der Waals surface area contributed by atoms with Gasteiger partial charge in [0.05, 0.1) is 16.8 Å². The molecule has 0 aliphatic rings. The Balaban J connectivity index is 2.14. The number of carbonyl (C=O) groups is 1. The lowest BCUT2D eigenvalue weighted by molar-refractivity contribution is 0.0785. The normalized spacial score (nSPS) is 10.5. The smallest absolute Gasteiger partial charge is 0.255 e. The topological polar surface area (TPSA) is 64.2 Å². The molecule has 0 unspecified atom stereocenters. The maximum absolute atomic E-state index is 12.3. The molecule has 1 amide bonds. The minimum Gasteiger partial charge on any atom is -0.399 e. The van der Waals surface area contributed by atoms with Crippen molar-refractivity contribution in [1.29, 1.82) is 0 Å². The maximum Gasteiger partial charge on any atom is 0.255 e. The van der Waals surface area contributed by atoms with Gasteiger partial charge in [0.25, 0.3) is 5.91 Å². The number of nitrogens with zero attached hydrogens (tertiary/aromatic N) is 3. The van der Waals surface area contributed by atoms with E-state index in [1.165, 1.54) is 0 Å². The van der Waals surface area contributed by atoms with Gasteiger partial charge in [0.1, 0.15) is 0 Å². The summed E-state index contributed by atoms with van der Waals surface area (Å²) in [5.74, 6) is -0.145. The number of anilines is 1. The predicted molar refractivity (Wildman–Crippen MR) is 74.9 cm³/mol. The lowest BCUT2D eigenvalue weighted by atomic mass is 10.1. The molecule has 19 heavy (non-hydrogen) atoms. The summed E-state index contributed by atoms with van der Waals surface area (Å²) in [5.41, 5.74) is 7.56. The number of hydrogen-bond acceptors (Lipinski definition) is 3. The molecule has 0 aliphatic carbocycles. The number of carbonyl (C=O) groups excluding carboxylic acids is 1. The average Bonchev–Trinajstić information content (AvgIpc) is 2.74. The van der Waals surface area contributed by atoms with E-state index in [1.807, 2.05) is 13.2 Å². The third-order valence-corrected chi connectivity index (χ3v) is 3.06. The molecule has 0 spiro atoms. The third-order valence-electron chi connectivity index (χ3n) is 2.75. The summed E-state index contributed by atoms with van der Waals surface area (Å²) in [6.45, 7) is 0.480. The number of nitrogen functional groups attached to an aromatic ring is 1. The van der Waals surface area contributed by atoms with Crippen LogP contribution >= 0.6 is 11.6 Å². The average molecular weight is 279 g/mol. The number of amides is 1. The van der Waals surface area contributed by atoms with Gasteiger partial charge < -0.3 is 10.6 Å². The van der Waals surface area contributed by atoms with Gasteiger partial charge in [-0.3, -0.25) is 9.48 Å². The molecular formula is C13H15ClN4O. The van der Waals surface area contributed by atoms with E-state index in [9.17, 15) is 4.79 Å². The Morgan fingerprint density at radius 1 is 1.53 bits per heavy atom. The molecular weight excluding hydrogens is 264 g/mol. The van der Waals surface area contributed by atoms with Crippen LogP contribution in [-0.4, -0.2) is 27.6 Å². The van der Waals surface area contributed by atoms with Gasteiger partial charge in [-0.05, 0) is 18.2 Å². The van der Waals surface area contributed by atoms with Gasteiger partial charge in [-0.15, -0.1) is 0 Å². The van der Waals surface area contributed by atoms with Crippen LogP contribution < -0.4 is 5.73 Å². The summed E-state index contributed by atoms with van der Waals surface area (Å²) < 4.78 is 1.70. The van der Waals surface area contributed by atoms with Crippen molar-refractivity contribution in [3.8, 4) is 0 Å². The molecule has 0 fully saturated rings. The summed E-state index contributed by atoms with van der Waals surface area (Å²) in [6.07, 6.45) is 3.60. The van der Waals surface area contributed by atoms with Crippen LogP contribution in [0.25, 0.3) is 0 Å². The molecule has 100 valence electrons. The number of aryl methyl sites for hydroxylation is 1. The van der Waals surface area contributed by atoms with E-state index in [0.717, 1.165) is 5.56 Å². The molecule has 0 aliphatic heterocycles. The molecule has 0 saturated heterocycles. The van der Waals surface area contributed by atoms with Crippen LogP contribution in [0, 0.1) is 0 Å². The van der Waals surface area contributed by atoms with Crippen LogP contribution in [0.1, 0.15) is 15.9 Å². The predicted octanol–water partition coefficient (Wildman–Crippen LogP) is 1.93.